The number of alkyl carbamates (subject to hydrolysis) is 1. The lowest BCUT2D eigenvalue weighted by molar-refractivity contribution is -0.124. The maximum Gasteiger partial charge on any atom is 0.407 e. The number of likely N-dealkylation sites (tertiary alicyclic amines) is 1. The fourth-order valence-corrected chi connectivity index (χ4v) is 7.67. The van der Waals surface area contributed by atoms with Crippen LogP contribution in [0, 0.1) is 5.92 Å². The molecular weight excluding hydrogens is 711 g/mol. The number of rotatable bonds is 18. The number of urea groups is 1. The van der Waals surface area contributed by atoms with E-state index in [4.69, 9.17) is 9.72 Å². The normalized spacial score (nSPS) is 15.3. The fraction of sp³-hybridized carbons (Fsp3) is 0.462. The van der Waals surface area contributed by atoms with Crippen molar-refractivity contribution >= 4 is 40.9 Å². The molecule has 2 aromatic heterocycles. The van der Waals surface area contributed by atoms with Gasteiger partial charge in [0.05, 0.1) is 35.8 Å². The molecule has 1 aliphatic rings. The van der Waals surface area contributed by atoms with Crippen molar-refractivity contribution in [1.29, 1.82) is 0 Å². The Kier molecular flexibility index (Phi) is 15.2. The number of aromatic nitrogens is 2. The van der Waals surface area contributed by atoms with Gasteiger partial charge in [-0.2, -0.15) is 0 Å². The highest BCUT2D eigenvalue weighted by Gasteiger charge is 2.31. The van der Waals surface area contributed by atoms with E-state index in [1.807, 2.05) is 79.9 Å². The topological polar surface area (TPSA) is 149 Å². The van der Waals surface area contributed by atoms with Crippen LogP contribution < -0.4 is 16.0 Å². The van der Waals surface area contributed by atoms with Crippen molar-refractivity contribution in [3.8, 4) is 0 Å². The maximum atomic E-state index is 14.0. The summed E-state index contributed by atoms with van der Waals surface area (Å²) < 4.78 is 9.48. The van der Waals surface area contributed by atoms with E-state index >= 15 is 0 Å². The Labute approximate surface area is 320 Å². The van der Waals surface area contributed by atoms with Gasteiger partial charge in [-0.05, 0) is 79.8 Å². The Morgan fingerprint density at radius 2 is 1.62 bits per heavy atom. The van der Waals surface area contributed by atoms with E-state index in [1.54, 1.807) is 30.6 Å². The second-order valence-corrected chi connectivity index (χ2v) is 15.8. The Morgan fingerprint density at radius 1 is 0.943 bits per heavy atom. The number of aliphatic hydroxyl groups excluding tert-OH is 1. The largest absolute Gasteiger partial charge is 0.444 e. The molecule has 3 heterocycles. The summed E-state index contributed by atoms with van der Waals surface area (Å²) in [6, 6.07) is 18.6. The van der Waals surface area contributed by atoms with Crippen molar-refractivity contribution in [2.24, 2.45) is 5.92 Å². The Morgan fingerprint density at radius 3 is 2.26 bits per heavy atom. The third-order valence-corrected chi connectivity index (χ3v) is 10.8. The summed E-state index contributed by atoms with van der Waals surface area (Å²) in [7, 11) is 1.70. The van der Waals surface area contributed by atoms with Crippen molar-refractivity contribution in [3.05, 3.63) is 105 Å². The standard InChI is InChI=1S/C39H51N7O5S2/c1-27(2)36(44-38(49)45(3)23-31-26-52-35(41-31)24-46-18-10-11-19-46)37(48)42-30(20-28-12-6-4-7-13-28)22-34(47)33(21-29-14-8-5-9-15-29)43-39(50)51-25-32-16-17-40-53-32/h4-9,12-17,26-27,30,33-34,36,47H,10-11,18-25H2,1-3H3,(H,42,48)(H,43,50)(H,44,49)/t30-,33-,34-,36-/m0/s1. The molecule has 0 saturated carbocycles. The van der Waals surface area contributed by atoms with Gasteiger partial charge in [0.1, 0.15) is 17.7 Å². The summed E-state index contributed by atoms with van der Waals surface area (Å²) in [6.45, 7) is 7.17. The monoisotopic (exact) mass is 761 g/mol. The second kappa shape index (κ2) is 20.2. The first-order valence-corrected chi connectivity index (χ1v) is 19.8. The average molecular weight is 762 g/mol. The SMILES string of the molecule is CC(C)[C@H](NC(=O)N(C)Cc1csc(CN2CCCC2)n1)C(=O)N[C@@H](Cc1ccccc1)C[C@H](O)[C@H](Cc1ccccc1)NC(=O)OCc1ccns1. The minimum absolute atomic E-state index is 0.0679. The Hall–Kier alpha value is -4.37. The highest BCUT2D eigenvalue weighted by Crippen LogP contribution is 2.19. The van der Waals surface area contributed by atoms with Gasteiger partial charge in [-0.1, -0.05) is 74.5 Å². The number of hydrogen-bond donors (Lipinski definition) is 4. The number of carbonyl (C=O) groups is 3. The Bertz CT molecular complexity index is 1700. The van der Waals surface area contributed by atoms with Crippen LogP contribution in [0.1, 0.15) is 59.8 Å². The lowest BCUT2D eigenvalue weighted by atomic mass is 9.93. The molecular formula is C39H51N7O5S2. The molecule has 1 aliphatic heterocycles. The van der Waals surface area contributed by atoms with Crippen LogP contribution in [0.3, 0.4) is 0 Å². The molecule has 53 heavy (non-hydrogen) atoms. The molecule has 0 spiro atoms. The number of hydrogen-bond acceptors (Lipinski definition) is 10. The van der Waals surface area contributed by atoms with Gasteiger partial charge in [-0.15, -0.1) is 11.3 Å². The molecule has 4 N–H and O–H groups in total. The fourth-order valence-electron chi connectivity index (χ4n) is 6.36. The van der Waals surface area contributed by atoms with Crippen molar-refractivity contribution in [3.63, 3.8) is 0 Å². The quantitative estimate of drug-likeness (QED) is 0.106. The number of nitrogens with one attached hydrogen (secondary N) is 3. The van der Waals surface area contributed by atoms with Crippen LogP contribution in [0.2, 0.25) is 0 Å². The zero-order valence-corrected chi connectivity index (χ0v) is 32.3. The van der Waals surface area contributed by atoms with Gasteiger partial charge < -0.3 is 30.7 Å². The molecule has 12 nitrogen and oxygen atoms in total. The first-order chi connectivity index (χ1) is 25.6. The lowest BCUT2D eigenvalue weighted by Crippen LogP contribution is -2.55. The summed E-state index contributed by atoms with van der Waals surface area (Å²) in [5.74, 6) is -0.574. The highest BCUT2D eigenvalue weighted by atomic mass is 32.1. The summed E-state index contributed by atoms with van der Waals surface area (Å²) in [5, 5.41) is 23.7. The summed E-state index contributed by atoms with van der Waals surface area (Å²) in [4.78, 5) is 49.8. The van der Waals surface area contributed by atoms with Crippen LogP contribution in [0.15, 0.2) is 78.3 Å². The van der Waals surface area contributed by atoms with Crippen molar-refractivity contribution in [2.45, 2.75) is 89.9 Å². The van der Waals surface area contributed by atoms with Gasteiger partial charge in [0.15, 0.2) is 0 Å². The van der Waals surface area contributed by atoms with E-state index in [1.165, 1.54) is 29.3 Å². The molecule has 1 saturated heterocycles. The van der Waals surface area contributed by atoms with Crippen molar-refractivity contribution in [2.75, 3.05) is 20.1 Å². The van der Waals surface area contributed by atoms with Crippen LogP contribution >= 0.6 is 22.9 Å². The number of nitrogens with zero attached hydrogens (tertiary/aromatic N) is 4. The highest BCUT2D eigenvalue weighted by molar-refractivity contribution is 7.09. The predicted molar refractivity (Wildman–Crippen MR) is 207 cm³/mol. The lowest BCUT2D eigenvalue weighted by Gasteiger charge is -2.30. The average Bonchev–Trinajstić information content (AvgIpc) is 3.95. The van der Waals surface area contributed by atoms with Gasteiger partial charge in [0.2, 0.25) is 5.91 Å². The summed E-state index contributed by atoms with van der Waals surface area (Å²) in [6.07, 6.45) is 3.29. The molecule has 1 fully saturated rings. The van der Waals surface area contributed by atoms with Crippen LogP contribution in [-0.2, 0) is 42.1 Å². The van der Waals surface area contributed by atoms with Gasteiger partial charge >= 0.3 is 12.1 Å². The van der Waals surface area contributed by atoms with E-state index in [-0.39, 0.29) is 30.9 Å². The number of ether oxygens (including phenoxy) is 1. The third kappa shape index (κ3) is 12.9. The molecule has 0 bridgehead atoms. The van der Waals surface area contributed by atoms with Crippen LogP contribution in [-0.4, -0.2) is 86.7 Å². The first-order valence-electron chi connectivity index (χ1n) is 18.2. The van der Waals surface area contributed by atoms with Crippen molar-refractivity contribution < 1.29 is 24.2 Å². The number of benzene rings is 2. The molecule has 0 aliphatic carbocycles. The molecule has 0 unspecified atom stereocenters. The molecule has 0 radical (unpaired) electrons. The molecule has 2 aromatic carbocycles. The number of carbonyl (C=O) groups excluding carboxylic acids is 3. The Balaban J connectivity index is 1.24. The van der Waals surface area contributed by atoms with E-state index in [0.717, 1.165) is 46.3 Å². The van der Waals surface area contributed by atoms with E-state index < -0.39 is 30.3 Å². The third-order valence-electron chi connectivity index (χ3n) is 9.23. The van der Waals surface area contributed by atoms with Gasteiger partial charge in [-0.3, -0.25) is 9.69 Å². The molecule has 4 aromatic rings. The minimum Gasteiger partial charge on any atom is -0.444 e. The number of thiazole rings is 1. The van der Waals surface area contributed by atoms with Crippen LogP contribution in [0.4, 0.5) is 9.59 Å². The molecule has 14 heteroatoms. The van der Waals surface area contributed by atoms with E-state index in [0.29, 0.717) is 19.4 Å². The summed E-state index contributed by atoms with van der Waals surface area (Å²) >= 11 is 2.85. The van der Waals surface area contributed by atoms with Gasteiger partial charge in [0.25, 0.3) is 0 Å². The zero-order valence-electron chi connectivity index (χ0n) is 30.6. The number of amides is 4. The van der Waals surface area contributed by atoms with Crippen LogP contribution in [0.25, 0.3) is 0 Å². The summed E-state index contributed by atoms with van der Waals surface area (Å²) in [5.41, 5.74) is 2.71. The predicted octanol–water partition coefficient (Wildman–Crippen LogP) is 5.38. The number of aliphatic hydroxyl groups is 1. The smallest absolute Gasteiger partial charge is 0.407 e. The molecule has 284 valence electrons. The molecule has 4 atom stereocenters. The molecule has 5 rings (SSSR count). The van der Waals surface area contributed by atoms with E-state index in [9.17, 15) is 19.5 Å². The first kappa shape index (κ1) is 39.8. The van der Waals surface area contributed by atoms with Crippen molar-refractivity contribution in [1.82, 2.24) is 35.1 Å². The molecule has 4 amide bonds. The maximum absolute atomic E-state index is 14.0. The van der Waals surface area contributed by atoms with E-state index in [2.05, 4.69) is 25.2 Å². The zero-order chi connectivity index (χ0) is 37.6. The van der Waals surface area contributed by atoms with Gasteiger partial charge in [0, 0.05) is 24.7 Å². The van der Waals surface area contributed by atoms with Gasteiger partial charge in [-0.25, -0.2) is 18.9 Å². The second-order valence-electron chi connectivity index (χ2n) is 13.9. The minimum atomic E-state index is -1.05. The van der Waals surface area contributed by atoms with Crippen LogP contribution in [0.5, 0.6) is 0 Å².